The molecule has 1 aliphatic rings. The van der Waals surface area contributed by atoms with E-state index >= 15 is 0 Å². The van der Waals surface area contributed by atoms with Gasteiger partial charge in [0.15, 0.2) is 0 Å². The monoisotopic (exact) mass is 277 g/mol. The van der Waals surface area contributed by atoms with Crippen molar-refractivity contribution in [1.82, 2.24) is 0 Å². The Morgan fingerprint density at radius 3 is 2.60 bits per heavy atom. The van der Waals surface area contributed by atoms with Gasteiger partial charge >= 0.3 is 0 Å². The Morgan fingerprint density at radius 2 is 1.95 bits per heavy atom. The largest absolute Gasteiger partial charge is 0.496 e. The first-order valence-electron chi connectivity index (χ1n) is 7.77. The van der Waals surface area contributed by atoms with Crippen LogP contribution in [0.15, 0.2) is 24.3 Å². The van der Waals surface area contributed by atoms with E-state index in [1.165, 1.54) is 32.1 Å². The summed E-state index contributed by atoms with van der Waals surface area (Å²) in [5.41, 5.74) is 6.95. The summed E-state index contributed by atoms with van der Waals surface area (Å²) in [6.07, 6.45) is 6.94. The van der Waals surface area contributed by atoms with Crippen LogP contribution in [0.5, 0.6) is 5.75 Å². The number of hydrogen-bond acceptors (Lipinski definition) is 3. The van der Waals surface area contributed by atoms with Gasteiger partial charge in [-0.15, -0.1) is 0 Å². The molecule has 1 saturated carbocycles. The van der Waals surface area contributed by atoms with Crippen molar-refractivity contribution in [3.63, 3.8) is 0 Å². The number of aliphatic hydroxyl groups is 1. The molecular weight excluding hydrogens is 250 g/mol. The number of ether oxygens (including phenoxy) is 1. The van der Waals surface area contributed by atoms with Gasteiger partial charge in [-0.3, -0.25) is 0 Å². The summed E-state index contributed by atoms with van der Waals surface area (Å²) in [6.45, 7) is 0.453. The molecule has 2 rings (SSSR count). The van der Waals surface area contributed by atoms with Crippen LogP contribution < -0.4 is 10.5 Å². The van der Waals surface area contributed by atoms with E-state index in [1.807, 2.05) is 24.3 Å². The number of aliphatic hydroxyl groups excluding tert-OH is 1. The topological polar surface area (TPSA) is 55.5 Å². The van der Waals surface area contributed by atoms with E-state index in [4.69, 9.17) is 10.5 Å². The zero-order chi connectivity index (χ0) is 14.4. The van der Waals surface area contributed by atoms with Gasteiger partial charge in [0, 0.05) is 18.0 Å². The normalized spacial score (nSPS) is 19.6. The number of methoxy groups -OCH3 is 1. The van der Waals surface area contributed by atoms with Crippen molar-refractivity contribution in [1.29, 1.82) is 0 Å². The Hall–Kier alpha value is -1.06. The average Bonchev–Trinajstić information content (AvgIpc) is 2.49. The van der Waals surface area contributed by atoms with Crippen LogP contribution in [-0.4, -0.2) is 24.9 Å². The van der Waals surface area contributed by atoms with Gasteiger partial charge in [-0.05, 0) is 18.4 Å². The molecule has 1 aliphatic carbocycles. The number of hydrogen-bond donors (Lipinski definition) is 2. The van der Waals surface area contributed by atoms with Crippen LogP contribution in [0.4, 0.5) is 0 Å². The zero-order valence-corrected chi connectivity index (χ0v) is 12.4. The molecule has 1 aromatic rings. The SMILES string of the molecule is COc1ccccc1C(CN)C(O)CC1CCCCC1. The standard InChI is InChI=1S/C17H27NO2/c1-20-17-10-6-5-9-14(17)15(12-18)16(19)11-13-7-3-2-4-8-13/h5-6,9-10,13,15-16,19H,2-4,7-8,11-12,18H2,1H3. The first kappa shape index (κ1) is 15.3. The van der Waals surface area contributed by atoms with Gasteiger partial charge in [0.1, 0.15) is 5.75 Å². The molecule has 3 nitrogen and oxygen atoms in total. The third-order valence-corrected chi connectivity index (χ3v) is 4.56. The van der Waals surface area contributed by atoms with E-state index in [0.29, 0.717) is 12.5 Å². The smallest absolute Gasteiger partial charge is 0.122 e. The Bertz CT molecular complexity index is 402. The van der Waals surface area contributed by atoms with Crippen molar-refractivity contribution in [2.45, 2.75) is 50.5 Å². The molecule has 0 heterocycles. The number of rotatable bonds is 6. The summed E-state index contributed by atoms with van der Waals surface area (Å²) in [4.78, 5) is 0. The molecule has 1 fully saturated rings. The van der Waals surface area contributed by atoms with E-state index in [9.17, 15) is 5.11 Å². The molecule has 3 heteroatoms. The molecule has 3 N–H and O–H groups in total. The van der Waals surface area contributed by atoms with Gasteiger partial charge < -0.3 is 15.6 Å². The van der Waals surface area contributed by atoms with Gasteiger partial charge in [0.25, 0.3) is 0 Å². The van der Waals surface area contributed by atoms with E-state index in [2.05, 4.69) is 0 Å². The third kappa shape index (κ3) is 3.74. The van der Waals surface area contributed by atoms with Gasteiger partial charge in [-0.2, -0.15) is 0 Å². The maximum absolute atomic E-state index is 10.6. The van der Waals surface area contributed by atoms with Crippen molar-refractivity contribution >= 4 is 0 Å². The quantitative estimate of drug-likeness (QED) is 0.840. The summed E-state index contributed by atoms with van der Waals surface area (Å²) in [5.74, 6) is 1.45. The lowest BCUT2D eigenvalue weighted by Crippen LogP contribution is -2.29. The highest BCUT2D eigenvalue weighted by Crippen LogP contribution is 2.34. The second-order valence-corrected chi connectivity index (χ2v) is 5.89. The lowest BCUT2D eigenvalue weighted by atomic mass is 9.81. The van der Waals surface area contributed by atoms with Crippen LogP contribution in [0.2, 0.25) is 0 Å². The predicted octanol–water partition coefficient (Wildman–Crippen LogP) is 3.07. The lowest BCUT2D eigenvalue weighted by molar-refractivity contribution is 0.105. The van der Waals surface area contributed by atoms with Crippen LogP contribution in [0.25, 0.3) is 0 Å². The van der Waals surface area contributed by atoms with Crippen LogP contribution >= 0.6 is 0 Å². The fourth-order valence-corrected chi connectivity index (χ4v) is 3.39. The van der Waals surface area contributed by atoms with E-state index in [0.717, 1.165) is 17.7 Å². The Morgan fingerprint density at radius 1 is 1.25 bits per heavy atom. The highest BCUT2D eigenvalue weighted by Gasteiger charge is 2.26. The minimum Gasteiger partial charge on any atom is -0.496 e. The highest BCUT2D eigenvalue weighted by molar-refractivity contribution is 5.37. The van der Waals surface area contributed by atoms with Crippen LogP contribution in [-0.2, 0) is 0 Å². The van der Waals surface area contributed by atoms with E-state index in [-0.39, 0.29) is 12.0 Å². The van der Waals surface area contributed by atoms with Crippen molar-refractivity contribution in [2.75, 3.05) is 13.7 Å². The first-order chi connectivity index (χ1) is 9.76. The lowest BCUT2D eigenvalue weighted by Gasteiger charge is -2.29. The van der Waals surface area contributed by atoms with Gasteiger partial charge in [-0.25, -0.2) is 0 Å². The Kier molecular flexibility index (Phi) is 5.86. The molecule has 112 valence electrons. The fraction of sp³-hybridized carbons (Fsp3) is 0.647. The summed E-state index contributed by atoms with van der Waals surface area (Å²) in [5, 5.41) is 10.6. The summed E-state index contributed by atoms with van der Waals surface area (Å²) < 4.78 is 5.40. The highest BCUT2D eigenvalue weighted by atomic mass is 16.5. The average molecular weight is 277 g/mol. The third-order valence-electron chi connectivity index (χ3n) is 4.56. The van der Waals surface area contributed by atoms with Crippen molar-refractivity contribution in [3.8, 4) is 5.75 Å². The fourth-order valence-electron chi connectivity index (χ4n) is 3.39. The molecule has 0 spiro atoms. The minimum atomic E-state index is -0.376. The Balaban J connectivity index is 2.06. The first-order valence-corrected chi connectivity index (χ1v) is 7.77. The number of benzene rings is 1. The zero-order valence-electron chi connectivity index (χ0n) is 12.4. The Labute approximate surface area is 122 Å². The molecule has 0 saturated heterocycles. The molecule has 0 aliphatic heterocycles. The van der Waals surface area contributed by atoms with Crippen molar-refractivity contribution < 1.29 is 9.84 Å². The maximum Gasteiger partial charge on any atom is 0.122 e. The van der Waals surface area contributed by atoms with Crippen molar-refractivity contribution in [2.24, 2.45) is 11.7 Å². The molecule has 20 heavy (non-hydrogen) atoms. The molecule has 0 aromatic heterocycles. The molecule has 2 atom stereocenters. The predicted molar refractivity (Wildman–Crippen MR) is 82.0 cm³/mol. The van der Waals surface area contributed by atoms with E-state index in [1.54, 1.807) is 7.11 Å². The second-order valence-electron chi connectivity index (χ2n) is 5.89. The number of nitrogens with two attached hydrogens (primary N) is 1. The minimum absolute atomic E-state index is 0.0342. The van der Waals surface area contributed by atoms with Gasteiger partial charge in [0.2, 0.25) is 0 Å². The van der Waals surface area contributed by atoms with Crippen molar-refractivity contribution in [3.05, 3.63) is 29.8 Å². The molecule has 2 unspecified atom stereocenters. The summed E-state index contributed by atoms with van der Waals surface area (Å²) in [7, 11) is 1.67. The maximum atomic E-state index is 10.6. The molecule has 0 radical (unpaired) electrons. The molecular formula is C17H27NO2. The second kappa shape index (κ2) is 7.65. The number of para-hydroxylation sites is 1. The molecule has 0 bridgehead atoms. The van der Waals surface area contributed by atoms with Crippen LogP contribution in [0, 0.1) is 5.92 Å². The summed E-state index contributed by atoms with van der Waals surface area (Å²) >= 11 is 0. The van der Waals surface area contributed by atoms with Gasteiger partial charge in [0.05, 0.1) is 13.2 Å². The molecule has 1 aromatic carbocycles. The van der Waals surface area contributed by atoms with Crippen LogP contribution in [0.1, 0.15) is 50.0 Å². The van der Waals surface area contributed by atoms with Gasteiger partial charge in [-0.1, -0.05) is 50.3 Å². The summed E-state index contributed by atoms with van der Waals surface area (Å²) in [6, 6.07) is 7.88. The van der Waals surface area contributed by atoms with Crippen LogP contribution in [0.3, 0.4) is 0 Å². The van der Waals surface area contributed by atoms with E-state index < -0.39 is 0 Å². The molecule has 0 amide bonds.